The van der Waals surface area contributed by atoms with Gasteiger partial charge in [0.25, 0.3) is 0 Å². The number of para-hydroxylation sites is 2. The summed E-state index contributed by atoms with van der Waals surface area (Å²) < 4.78 is 4.75. The second kappa shape index (κ2) is 14.2. The molecule has 265 valence electrons. The van der Waals surface area contributed by atoms with E-state index in [-0.39, 0.29) is 43.5 Å². The van der Waals surface area contributed by atoms with Crippen LogP contribution in [-0.2, 0) is 24.9 Å². The number of nitrogens with zero attached hydrogens (tertiary/aromatic N) is 3. The van der Waals surface area contributed by atoms with Crippen molar-refractivity contribution in [3.05, 3.63) is 84.8 Å². The first-order valence-electron chi connectivity index (χ1n) is 18.0. The third-order valence-electron chi connectivity index (χ3n) is 10.4. The molecule has 3 aromatic carbocycles. The van der Waals surface area contributed by atoms with E-state index >= 15 is 0 Å². The van der Waals surface area contributed by atoms with Gasteiger partial charge in [-0.1, -0.05) is 110 Å². The summed E-state index contributed by atoms with van der Waals surface area (Å²) in [7, 11) is -1.43. The van der Waals surface area contributed by atoms with Crippen LogP contribution < -0.4 is 5.19 Å². The van der Waals surface area contributed by atoms with E-state index in [1.54, 1.807) is 0 Å². The Labute approximate surface area is 311 Å². The minimum Gasteiger partial charge on any atom is -0.512 e. The van der Waals surface area contributed by atoms with Crippen LogP contribution in [0.25, 0.3) is 54.8 Å². The second-order valence-electron chi connectivity index (χ2n) is 16.3. The summed E-state index contributed by atoms with van der Waals surface area (Å²) in [6.07, 6.45) is 3.43. The molecule has 0 saturated heterocycles. The number of allylic oxidation sites excluding steroid dienone is 2. The predicted octanol–water partition coefficient (Wildman–Crippen LogP) is 10.8. The fourth-order valence-corrected chi connectivity index (χ4v) is 9.52. The van der Waals surface area contributed by atoms with Crippen LogP contribution in [0.15, 0.2) is 78.7 Å². The van der Waals surface area contributed by atoms with Crippen LogP contribution in [-0.4, -0.2) is 32.7 Å². The van der Waals surface area contributed by atoms with Crippen molar-refractivity contribution in [1.82, 2.24) is 13.8 Å². The van der Waals surface area contributed by atoms with Crippen LogP contribution >= 0.6 is 0 Å². The number of ketones is 1. The molecule has 0 aliphatic rings. The number of aromatic nitrogens is 3. The normalized spacial score (nSPS) is 13.1. The van der Waals surface area contributed by atoms with Crippen LogP contribution in [0.4, 0.5) is 0 Å². The molecule has 0 fully saturated rings. The molecule has 0 amide bonds. The van der Waals surface area contributed by atoms with Crippen molar-refractivity contribution >= 4 is 73.8 Å². The molecule has 5 nitrogen and oxygen atoms in total. The van der Waals surface area contributed by atoms with E-state index in [1.165, 1.54) is 54.9 Å². The van der Waals surface area contributed by atoms with Gasteiger partial charge in [0.15, 0.2) is 11.4 Å². The zero-order valence-electron chi connectivity index (χ0n) is 31.4. The first-order valence-corrected chi connectivity index (χ1v) is 21.5. The Morgan fingerprint density at radius 2 is 1.36 bits per heavy atom. The molecule has 7 heteroatoms. The van der Waals surface area contributed by atoms with Crippen molar-refractivity contribution in [2.24, 2.45) is 35.5 Å². The Morgan fingerprint density at radius 1 is 0.740 bits per heavy atom. The molecular formula is C43H52IrN3O2Si-. The van der Waals surface area contributed by atoms with E-state index < -0.39 is 8.07 Å². The van der Waals surface area contributed by atoms with Crippen LogP contribution in [0, 0.1) is 41.6 Å². The first-order chi connectivity index (χ1) is 23.1. The monoisotopic (exact) mass is 863 g/mol. The molecule has 0 unspecified atom stereocenters. The van der Waals surface area contributed by atoms with E-state index in [2.05, 4.69) is 144 Å². The van der Waals surface area contributed by atoms with Gasteiger partial charge in [-0.2, -0.15) is 24.3 Å². The summed E-state index contributed by atoms with van der Waals surface area (Å²) in [5.74, 6) is 1.63. The number of hydrogen-bond acceptors (Lipinski definition) is 3. The summed E-state index contributed by atoms with van der Waals surface area (Å²) in [5, 5.41) is 16.8. The first kappa shape index (κ1) is 37.7. The molecule has 1 N–H and O–H groups in total. The summed E-state index contributed by atoms with van der Waals surface area (Å²) >= 11 is 0. The maximum absolute atomic E-state index is 12.3. The van der Waals surface area contributed by atoms with Gasteiger partial charge >= 0.3 is 0 Å². The van der Waals surface area contributed by atoms with Gasteiger partial charge in [0.1, 0.15) is 0 Å². The molecule has 1 radical (unpaired) electrons. The molecule has 0 saturated carbocycles. The minimum atomic E-state index is -1.43. The molecule has 7 aromatic rings. The maximum Gasteiger partial charge on any atom is 0.162 e. The fraction of sp³-hybridized carbons (Fsp3) is 0.395. The van der Waals surface area contributed by atoms with Gasteiger partial charge in [-0.3, -0.25) is 4.79 Å². The molecule has 4 aromatic heterocycles. The molecule has 0 aliphatic carbocycles. The molecule has 0 spiro atoms. The van der Waals surface area contributed by atoms with Crippen molar-refractivity contribution in [2.75, 3.05) is 0 Å². The second-order valence-corrected chi connectivity index (χ2v) is 21.4. The van der Waals surface area contributed by atoms with Gasteiger partial charge < -0.3 is 13.9 Å². The van der Waals surface area contributed by atoms with Crippen molar-refractivity contribution < 1.29 is 30.0 Å². The number of carbonyl (C=O) groups is 1. The average molecular weight is 863 g/mol. The molecule has 0 atom stereocenters. The molecular weight excluding hydrogens is 811 g/mol. The summed E-state index contributed by atoms with van der Waals surface area (Å²) in [6.45, 7) is 23.8. The number of aliphatic hydroxyl groups excluding tert-OH is 1. The Kier molecular flexibility index (Phi) is 10.8. The van der Waals surface area contributed by atoms with Crippen LogP contribution in [0.5, 0.6) is 0 Å². The van der Waals surface area contributed by atoms with Crippen molar-refractivity contribution in [2.45, 2.75) is 75.0 Å². The van der Waals surface area contributed by atoms with Gasteiger partial charge in [-0.05, 0) is 47.3 Å². The molecule has 7 rings (SSSR count). The smallest absolute Gasteiger partial charge is 0.162 e. The van der Waals surface area contributed by atoms with Gasteiger partial charge in [-0.15, -0.1) is 5.39 Å². The van der Waals surface area contributed by atoms with Crippen molar-refractivity contribution in [3.63, 3.8) is 0 Å². The van der Waals surface area contributed by atoms with Gasteiger partial charge in [0, 0.05) is 55.0 Å². The largest absolute Gasteiger partial charge is 0.512 e. The maximum atomic E-state index is 12.3. The van der Waals surface area contributed by atoms with Crippen molar-refractivity contribution in [3.8, 4) is 0 Å². The zero-order chi connectivity index (χ0) is 35.5. The van der Waals surface area contributed by atoms with Crippen LogP contribution in [0.1, 0.15) is 55.4 Å². The number of pyridine rings is 1. The van der Waals surface area contributed by atoms with E-state index in [1.807, 2.05) is 12.3 Å². The predicted molar refractivity (Wildman–Crippen MR) is 211 cm³/mol. The van der Waals surface area contributed by atoms with Crippen molar-refractivity contribution in [1.29, 1.82) is 0 Å². The molecule has 0 aliphatic heterocycles. The molecule has 0 bridgehead atoms. The SMILES string of the molecule is CC(C)C(C(=O)/C=C(\O)C(C(C)C)C(C)C)C(C)C.C[Si](C)(C)c1ccc2c3ccnc4c3n(c2c1)c1cccc2c3ccc[c-]c3n4c21.[Ir]. The topological polar surface area (TPSA) is 59.0 Å². The number of carbonyl (C=O) groups excluding carboxylic acids is 1. The fourth-order valence-electron chi connectivity index (χ4n) is 8.36. The Morgan fingerprint density at radius 3 is 1.98 bits per heavy atom. The third kappa shape index (κ3) is 6.42. The quantitative estimate of drug-likeness (QED) is 0.0544. The van der Waals surface area contributed by atoms with Gasteiger partial charge in [-0.25, -0.2) is 4.98 Å². The summed E-state index contributed by atoms with van der Waals surface area (Å²) in [5.41, 5.74) is 7.02. The van der Waals surface area contributed by atoms with Crippen LogP contribution in [0.3, 0.4) is 0 Å². The Bertz CT molecular complexity index is 2320. The number of fused-ring (bicyclic) bond motifs is 8. The molecule has 50 heavy (non-hydrogen) atoms. The molecule has 4 heterocycles. The van der Waals surface area contributed by atoms with Crippen LogP contribution in [0.2, 0.25) is 19.6 Å². The average Bonchev–Trinajstić information content (AvgIpc) is 3.53. The van der Waals surface area contributed by atoms with E-state index in [0.717, 1.165) is 11.2 Å². The van der Waals surface area contributed by atoms with E-state index in [9.17, 15) is 9.90 Å². The minimum absolute atomic E-state index is 0. The summed E-state index contributed by atoms with van der Waals surface area (Å²) in [4.78, 5) is 17.2. The Balaban J connectivity index is 0.000000214. The zero-order valence-corrected chi connectivity index (χ0v) is 34.8. The number of hydrogen-bond donors (Lipinski definition) is 1. The van der Waals surface area contributed by atoms with Gasteiger partial charge in [0.2, 0.25) is 0 Å². The standard InChI is InChI=1S/C26H20N3Si.C17H32O2.Ir/c1-30(2,3)16-11-12-18-20-13-14-27-26-25(20)28(23(18)15-16)22-10-6-8-19-17-7-4-5-9-21(17)29(26)24(19)22;1-10(2)16(11(3)4)14(18)9-15(19)17(12(5)6)13(7)8;/h4-8,10-15H,1-3H3;9-13,16-18H,1-8H3;/q-1;;/b;14-9-;. The third-order valence-corrected chi connectivity index (χ3v) is 12.4. The number of aliphatic hydroxyl groups is 1. The van der Waals surface area contributed by atoms with E-state index in [4.69, 9.17) is 4.98 Å². The van der Waals surface area contributed by atoms with Gasteiger partial charge in [0.05, 0.1) is 35.9 Å². The van der Waals surface area contributed by atoms with E-state index in [0.29, 0.717) is 23.7 Å². The Hall–Kier alpha value is -3.51. The summed E-state index contributed by atoms with van der Waals surface area (Å²) in [6, 6.07) is 25.6. The number of rotatable bonds is 8. The number of benzene rings is 3.